The van der Waals surface area contributed by atoms with Gasteiger partial charge in [-0.1, -0.05) is 0 Å². The van der Waals surface area contributed by atoms with E-state index in [4.69, 9.17) is 81.8 Å². The molecule has 0 spiro atoms. The number of nitrogens with zero attached hydrogens (tertiary/aromatic N) is 9. The Labute approximate surface area is 749 Å². The SMILES string of the molecule is C#CCCCOc1ccc(F)cc1CO.CC(C)(C)OC(=O)Nc1ncc(I)cc1O.CCOC(=O)C=[N+]=[N-].CCOC(=O)c1cc(CCCOc2ccc(F)cc2CO)[nH]n1.N.N#Cc1cc(CCCOc2ccc(F)cc2CO)[nH]n1.N#Cc1n[nH]c(CCCOc2ccc(F)cc2CO)c1I.NC(=O)c1cc(CCCOc2ccc(F)cc2CO)[nH]n1.O. The van der Waals surface area contributed by atoms with E-state index < -0.39 is 52.8 Å². The number of aromatic amines is 4. The number of aryl methyl sites for hydroxylation is 4. The fourth-order valence-corrected chi connectivity index (χ4v) is 11.0. The number of terminal acetylenes is 1. The largest absolute Gasteiger partial charge is 0.504 e. The summed E-state index contributed by atoms with van der Waals surface area (Å²) in [7, 11) is 0. The predicted molar refractivity (Wildman–Crippen MR) is 465 cm³/mol. The van der Waals surface area contributed by atoms with Crippen LogP contribution in [-0.4, -0.2) is 169 Å². The molecule has 678 valence electrons. The minimum absolute atomic E-state index is 0. The van der Waals surface area contributed by atoms with Crippen molar-refractivity contribution in [3.63, 3.8) is 0 Å². The number of unbranched alkanes of at least 4 members (excludes halogenated alkanes) is 1. The summed E-state index contributed by atoms with van der Waals surface area (Å²) in [5, 5.41) is 101. The number of carbonyl (C=O) groups is 4. The zero-order valence-corrected chi connectivity index (χ0v) is 73.6. The van der Waals surface area contributed by atoms with E-state index in [1.165, 1.54) is 103 Å². The first-order chi connectivity index (χ1) is 59.5. The number of amides is 2. The molecule has 0 atom stereocenters. The molecule has 0 aliphatic rings. The molecule has 2 amide bonds. The molecule has 5 heterocycles. The van der Waals surface area contributed by atoms with E-state index in [2.05, 4.69) is 89.1 Å². The van der Waals surface area contributed by atoms with Crippen LogP contribution in [0, 0.1) is 71.2 Å². The van der Waals surface area contributed by atoms with Crippen molar-refractivity contribution in [3.05, 3.63) is 237 Å². The Morgan fingerprint density at radius 2 is 0.952 bits per heavy atom. The van der Waals surface area contributed by atoms with Gasteiger partial charge in [-0.25, -0.2) is 41.3 Å². The van der Waals surface area contributed by atoms with Gasteiger partial charge in [0.2, 0.25) is 0 Å². The van der Waals surface area contributed by atoms with E-state index in [0.717, 1.165) is 42.8 Å². The van der Waals surface area contributed by atoms with Crippen LogP contribution in [0.5, 0.6) is 34.5 Å². The predicted octanol–water partition coefficient (Wildman–Crippen LogP) is 11.9. The number of carbonyl (C=O) groups excluding carboxylic acids is 4. The van der Waals surface area contributed by atoms with Gasteiger partial charge in [0, 0.05) is 61.1 Å². The van der Waals surface area contributed by atoms with Gasteiger partial charge in [0.15, 0.2) is 28.6 Å². The summed E-state index contributed by atoms with van der Waals surface area (Å²) in [5.41, 5.74) is 19.0. The molecule has 0 aliphatic carbocycles. The molecule has 0 saturated carbocycles. The Kier molecular flexibility index (Phi) is 52.8. The Morgan fingerprint density at radius 1 is 0.563 bits per heavy atom. The number of aromatic nitrogens is 9. The second-order valence-electron chi connectivity index (χ2n) is 26.2. The smallest absolute Gasteiger partial charge is 0.413 e. The Hall–Kier alpha value is -12.7. The number of aliphatic hydroxyl groups is 5. The van der Waals surface area contributed by atoms with Gasteiger partial charge in [0.1, 0.15) is 81.3 Å². The molecule has 0 unspecified atom stereocenters. The first kappa shape index (κ1) is 109. The molecule has 0 saturated heterocycles. The van der Waals surface area contributed by atoms with Crippen molar-refractivity contribution in [2.45, 2.75) is 137 Å². The summed E-state index contributed by atoms with van der Waals surface area (Å²) in [5.74, 6) is 1.24. The lowest BCUT2D eigenvalue weighted by atomic mass is 10.2. The van der Waals surface area contributed by atoms with E-state index in [1.54, 1.807) is 52.8 Å². The monoisotopic (exact) mass is 1980 g/mol. The topological polar surface area (TPSA) is 580 Å². The van der Waals surface area contributed by atoms with Crippen LogP contribution in [0.3, 0.4) is 0 Å². The standard InChI is InChI=1S/C16H19FN2O4.C14H13FIN3O2.C14H16FN3O3.C14H14FN3O2.C12H13FO2.C10H13IN2O3.C4H6N2O2.H3N.H2O/c1-2-22-16(21)14-9-13(18-19-14)4-3-7-23-15-6-5-12(17)8-11(15)10-20;15-10-3-4-13(9(6-10)8-20)21-5-1-2-11-14(16)12(7-17)19-18-11;15-10-3-4-13(9(6-10)8-19)21-5-1-2-11-7-12(14(16)20)18-17-11;15-11-3-4-14(10(6-11)9-19)20-5-1-2-12-7-13(8-16)18-17-12;1-2-3-4-7-15-12-6-5-11(13)8-10(12)9-14;1-10(2,3)16-9(15)13-8-7(14)4-6(11)5-12-8;1-2-8-4(7)3-6-5;;/h5-6,8-9,20H,2-4,7,10H2,1H3,(H,18,19);3-4,6,20H,1-2,5,8H2,(H,18,19);3-4,6-7,19H,1-2,5,8H2,(H2,16,20)(H,17,18);3-4,6-7,19H,1-2,5,9H2,(H,17,18);1,5-6,8,14H,3-4,7,9H2;4-5,14H,1-3H3,(H,12,13,15);3H,2H2,1H3;1H3;1H2. The van der Waals surface area contributed by atoms with Gasteiger partial charge in [0.05, 0.1) is 88.5 Å². The molecule has 0 bridgehead atoms. The molecule has 5 aromatic carbocycles. The number of nitrogens with one attached hydrogen (secondary N) is 5. The van der Waals surface area contributed by atoms with Gasteiger partial charge in [0.25, 0.3) is 5.91 Å². The van der Waals surface area contributed by atoms with Crippen LogP contribution < -0.4 is 40.9 Å². The quantitative estimate of drug-likeness (QED) is 0.00202. The zero-order chi connectivity index (χ0) is 91.4. The third kappa shape index (κ3) is 42.1. The van der Waals surface area contributed by atoms with Crippen LogP contribution in [0.2, 0.25) is 0 Å². The van der Waals surface area contributed by atoms with Crippen molar-refractivity contribution < 1.29 is 120 Å². The summed E-state index contributed by atoms with van der Waals surface area (Å²) in [6, 6.07) is 30.6. The van der Waals surface area contributed by atoms with Gasteiger partial charge in [-0.2, -0.15) is 35.7 Å². The van der Waals surface area contributed by atoms with Crippen molar-refractivity contribution >= 4 is 81.2 Å². The number of nitrogens with two attached hydrogens (primary N) is 1. The molecular weight excluding hydrogens is 1890 g/mol. The van der Waals surface area contributed by atoms with E-state index in [1.807, 2.05) is 34.7 Å². The van der Waals surface area contributed by atoms with E-state index in [0.29, 0.717) is 172 Å². The van der Waals surface area contributed by atoms with Gasteiger partial charge in [-0.05, 0) is 253 Å². The molecule has 126 heavy (non-hydrogen) atoms. The number of aliphatic hydroxyl groups excluding tert-OH is 5. The fourth-order valence-electron chi connectivity index (χ4n) is 9.90. The molecule has 0 fully saturated rings. The van der Waals surface area contributed by atoms with Gasteiger partial charge < -0.3 is 91.4 Å². The summed E-state index contributed by atoms with van der Waals surface area (Å²) in [6.07, 6.45) is 13.5. The minimum atomic E-state index is -0.642. The number of pyridine rings is 1. The maximum absolute atomic E-state index is 13.1. The number of rotatable bonds is 35. The summed E-state index contributed by atoms with van der Waals surface area (Å²) >= 11 is 4.09. The van der Waals surface area contributed by atoms with Crippen molar-refractivity contribution in [3.8, 4) is 59.0 Å². The first-order valence-corrected chi connectivity index (χ1v) is 40.0. The Morgan fingerprint density at radius 3 is 1.29 bits per heavy atom. The number of hydrogen-bond donors (Lipinski definition) is 13. The highest BCUT2D eigenvalue weighted by Gasteiger charge is 2.19. The lowest BCUT2D eigenvalue weighted by Gasteiger charge is -2.19. The molecular formula is C84H99F5I2N16O19. The molecule has 18 N–H and O–H groups in total. The third-order valence-electron chi connectivity index (χ3n) is 15.6. The summed E-state index contributed by atoms with van der Waals surface area (Å²) in [6.45, 7) is 10.1. The fraction of sp³-hybridized carbons (Fsp3) is 0.333. The lowest BCUT2D eigenvalue weighted by Crippen LogP contribution is -2.27. The zero-order valence-electron chi connectivity index (χ0n) is 69.3. The second-order valence-corrected chi connectivity index (χ2v) is 28.5. The third-order valence-corrected chi connectivity index (χ3v) is 17.3. The number of H-pyrrole nitrogens is 4. The van der Waals surface area contributed by atoms with Crippen LogP contribution in [0.1, 0.15) is 156 Å². The number of hydrogen-bond acceptors (Lipinski definition) is 26. The maximum atomic E-state index is 13.1. The number of benzene rings is 5. The van der Waals surface area contributed by atoms with Crippen LogP contribution in [0.25, 0.3) is 5.53 Å². The number of aromatic hydroxyl groups is 1. The molecule has 35 nitrogen and oxygen atoms in total. The number of primary amides is 1. The average Bonchev–Trinajstić information content (AvgIpc) is 1.43. The van der Waals surface area contributed by atoms with Gasteiger partial charge >= 0.3 is 24.2 Å². The van der Waals surface area contributed by atoms with Crippen LogP contribution in [0.4, 0.5) is 32.6 Å². The summed E-state index contributed by atoms with van der Waals surface area (Å²) in [4.78, 5) is 50.2. The second kappa shape index (κ2) is 60.8. The van der Waals surface area contributed by atoms with E-state index in [9.17, 15) is 51.3 Å². The Bertz CT molecular complexity index is 5180. The summed E-state index contributed by atoms with van der Waals surface area (Å²) < 4.78 is 108. The lowest BCUT2D eigenvalue weighted by molar-refractivity contribution is -0.138. The van der Waals surface area contributed by atoms with Crippen molar-refractivity contribution in [2.24, 2.45) is 5.73 Å². The normalized spacial score (nSPS) is 10.0. The number of halogens is 7. The van der Waals surface area contributed by atoms with E-state index in [-0.39, 0.29) is 73.4 Å². The highest BCUT2D eigenvalue weighted by Crippen LogP contribution is 2.27. The van der Waals surface area contributed by atoms with Crippen molar-refractivity contribution in [1.29, 1.82) is 10.5 Å². The number of nitriles is 2. The molecule has 5 aromatic heterocycles. The van der Waals surface area contributed by atoms with Crippen molar-refractivity contribution in [1.82, 2.24) is 51.9 Å². The maximum Gasteiger partial charge on any atom is 0.413 e. The number of esters is 2. The molecule has 10 aromatic rings. The van der Waals surface area contributed by atoms with E-state index >= 15 is 0 Å². The first-order valence-electron chi connectivity index (χ1n) is 37.8. The Balaban J connectivity index is 0.000000504. The molecule has 42 heteroatoms. The molecule has 10 rings (SSSR count). The minimum Gasteiger partial charge on any atom is -0.504 e. The van der Waals surface area contributed by atoms with Gasteiger partial charge in [-0.15, -0.1) is 12.3 Å². The van der Waals surface area contributed by atoms with Gasteiger partial charge in [-0.3, -0.25) is 30.5 Å². The molecule has 0 radical (unpaired) electrons. The average molecular weight is 1990 g/mol. The highest BCUT2D eigenvalue weighted by molar-refractivity contribution is 14.1. The van der Waals surface area contributed by atoms with Crippen LogP contribution in [-0.2, 0) is 77.7 Å². The number of ether oxygens (including phenoxy) is 8. The van der Waals surface area contributed by atoms with Crippen LogP contribution >= 0.6 is 45.2 Å². The highest BCUT2D eigenvalue weighted by atomic mass is 127. The molecule has 0 aliphatic heterocycles. The number of anilines is 1. The van der Waals surface area contributed by atoms with Crippen molar-refractivity contribution in [2.75, 3.05) is 51.6 Å². The van der Waals surface area contributed by atoms with Crippen LogP contribution in [0.15, 0.2) is 121 Å².